The van der Waals surface area contributed by atoms with Crippen molar-refractivity contribution in [2.45, 2.75) is 31.4 Å². The van der Waals surface area contributed by atoms with Gasteiger partial charge < -0.3 is 20.9 Å². The number of aliphatic hydroxyl groups excluding tert-OH is 1. The van der Waals surface area contributed by atoms with E-state index in [1.807, 2.05) is 30.3 Å². The molecule has 1 fully saturated rings. The number of hydrogen-bond donors (Lipinski definition) is 3. The summed E-state index contributed by atoms with van der Waals surface area (Å²) in [5, 5.41) is 12.9. The van der Waals surface area contributed by atoms with E-state index in [9.17, 15) is 9.90 Å². The zero-order chi connectivity index (χ0) is 15.1. The highest BCUT2D eigenvalue weighted by Gasteiger charge is 2.21. The molecular weight excluding hydrogens is 268 g/mol. The first-order valence-electron chi connectivity index (χ1n) is 7.48. The minimum absolute atomic E-state index is 0.200. The van der Waals surface area contributed by atoms with Crippen LogP contribution in [-0.4, -0.2) is 42.9 Å². The van der Waals surface area contributed by atoms with Crippen LogP contribution in [0.1, 0.15) is 18.4 Å². The molecule has 1 heterocycles. The maximum absolute atomic E-state index is 11.9. The first-order valence-corrected chi connectivity index (χ1v) is 7.48. The summed E-state index contributed by atoms with van der Waals surface area (Å²) in [7, 11) is 0. The van der Waals surface area contributed by atoms with Crippen molar-refractivity contribution in [3.05, 3.63) is 35.9 Å². The van der Waals surface area contributed by atoms with E-state index < -0.39 is 12.1 Å². The molecule has 3 atom stereocenters. The van der Waals surface area contributed by atoms with Gasteiger partial charge in [0.1, 0.15) is 0 Å². The third kappa shape index (κ3) is 5.46. The minimum atomic E-state index is -0.675. The highest BCUT2D eigenvalue weighted by molar-refractivity contribution is 5.81. The Morgan fingerprint density at radius 1 is 1.43 bits per heavy atom. The molecular formula is C16H24N2O3. The second-order valence-electron chi connectivity index (χ2n) is 5.66. The monoisotopic (exact) mass is 292 g/mol. The van der Waals surface area contributed by atoms with Crippen LogP contribution in [0.2, 0.25) is 0 Å². The molecule has 1 aromatic carbocycles. The third-order valence-corrected chi connectivity index (χ3v) is 3.77. The van der Waals surface area contributed by atoms with E-state index in [1.165, 1.54) is 0 Å². The Morgan fingerprint density at radius 3 is 2.86 bits per heavy atom. The summed E-state index contributed by atoms with van der Waals surface area (Å²) >= 11 is 0. The van der Waals surface area contributed by atoms with E-state index in [-0.39, 0.29) is 12.3 Å². The van der Waals surface area contributed by atoms with Crippen LogP contribution < -0.4 is 11.1 Å². The number of benzene rings is 1. The minimum Gasteiger partial charge on any atom is -0.393 e. The number of hydrogen-bond acceptors (Lipinski definition) is 4. The quantitative estimate of drug-likeness (QED) is 0.681. The highest BCUT2D eigenvalue weighted by Crippen LogP contribution is 2.11. The number of carbonyl (C=O) groups excluding carboxylic acids is 1. The number of nitrogens with two attached hydrogens (primary N) is 1. The fourth-order valence-electron chi connectivity index (χ4n) is 2.49. The van der Waals surface area contributed by atoms with Gasteiger partial charge in [0, 0.05) is 19.1 Å². The Morgan fingerprint density at radius 2 is 2.19 bits per heavy atom. The molecule has 1 saturated heterocycles. The topological polar surface area (TPSA) is 84.6 Å². The average molecular weight is 292 g/mol. The molecule has 1 aromatic rings. The molecule has 1 aliphatic rings. The van der Waals surface area contributed by atoms with Crippen molar-refractivity contribution in [3.63, 3.8) is 0 Å². The van der Waals surface area contributed by atoms with Crippen LogP contribution in [0.15, 0.2) is 30.3 Å². The fourth-order valence-corrected chi connectivity index (χ4v) is 2.49. The van der Waals surface area contributed by atoms with Crippen LogP contribution in [-0.2, 0) is 16.0 Å². The van der Waals surface area contributed by atoms with E-state index in [1.54, 1.807) is 0 Å². The van der Waals surface area contributed by atoms with Crippen LogP contribution in [0.5, 0.6) is 0 Å². The molecule has 0 saturated carbocycles. The van der Waals surface area contributed by atoms with Crippen LogP contribution in [0.3, 0.4) is 0 Å². The Hall–Kier alpha value is -1.43. The zero-order valence-corrected chi connectivity index (χ0v) is 12.2. The molecule has 1 aliphatic heterocycles. The van der Waals surface area contributed by atoms with Gasteiger partial charge in [-0.2, -0.15) is 0 Å². The van der Waals surface area contributed by atoms with E-state index >= 15 is 0 Å². The zero-order valence-electron chi connectivity index (χ0n) is 12.2. The van der Waals surface area contributed by atoms with Crippen molar-refractivity contribution in [2.75, 3.05) is 19.8 Å². The molecule has 4 N–H and O–H groups in total. The smallest absolute Gasteiger partial charge is 0.237 e. The van der Waals surface area contributed by atoms with Gasteiger partial charge in [-0.1, -0.05) is 30.3 Å². The summed E-state index contributed by atoms with van der Waals surface area (Å²) in [6.45, 7) is 2.07. The van der Waals surface area contributed by atoms with Crippen molar-refractivity contribution >= 4 is 5.91 Å². The molecule has 1 amide bonds. The van der Waals surface area contributed by atoms with E-state index in [0.717, 1.165) is 18.6 Å². The van der Waals surface area contributed by atoms with Crippen LogP contribution in [0.25, 0.3) is 0 Å². The molecule has 21 heavy (non-hydrogen) atoms. The second-order valence-corrected chi connectivity index (χ2v) is 5.66. The first kappa shape index (κ1) is 15.9. The van der Waals surface area contributed by atoms with Gasteiger partial charge in [0.25, 0.3) is 0 Å². The predicted octanol–water partition coefficient (Wildman–Crippen LogP) is 0.460. The van der Waals surface area contributed by atoms with Gasteiger partial charge in [0.05, 0.1) is 18.8 Å². The predicted molar refractivity (Wildman–Crippen MR) is 80.7 cm³/mol. The molecule has 2 rings (SSSR count). The summed E-state index contributed by atoms with van der Waals surface area (Å²) in [4.78, 5) is 11.9. The lowest BCUT2D eigenvalue weighted by molar-refractivity contribution is -0.123. The van der Waals surface area contributed by atoms with Gasteiger partial charge >= 0.3 is 0 Å². The first-order chi connectivity index (χ1) is 10.1. The highest BCUT2D eigenvalue weighted by atomic mass is 16.5. The van der Waals surface area contributed by atoms with Gasteiger partial charge in [0.2, 0.25) is 5.91 Å². The fraction of sp³-hybridized carbons (Fsp3) is 0.562. The Balaban J connectivity index is 1.69. The molecule has 116 valence electrons. The second kappa shape index (κ2) is 8.12. The summed E-state index contributed by atoms with van der Waals surface area (Å²) < 4.78 is 5.26. The third-order valence-electron chi connectivity index (χ3n) is 3.77. The number of ether oxygens (including phenoxy) is 1. The van der Waals surface area contributed by atoms with E-state index in [0.29, 0.717) is 25.5 Å². The number of nitrogens with one attached hydrogen (secondary N) is 1. The lowest BCUT2D eigenvalue weighted by Crippen LogP contribution is -2.44. The lowest BCUT2D eigenvalue weighted by atomic mass is 10.0. The van der Waals surface area contributed by atoms with Gasteiger partial charge in [-0.15, -0.1) is 0 Å². The van der Waals surface area contributed by atoms with Crippen molar-refractivity contribution in [1.29, 1.82) is 0 Å². The Labute approximate surface area is 125 Å². The summed E-state index contributed by atoms with van der Waals surface area (Å²) in [5.74, 6) is 0.185. The van der Waals surface area contributed by atoms with Crippen molar-refractivity contribution in [3.8, 4) is 0 Å². The number of carbonyl (C=O) groups is 1. The summed E-state index contributed by atoms with van der Waals surface area (Å²) in [5.41, 5.74) is 6.90. The van der Waals surface area contributed by atoms with Crippen molar-refractivity contribution < 1.29 is 14.6 Å². The van der Waals surface area contributed by atoms with Crippen LogP contribution >= 0.6 is 0 Å². The number of amides is 1. The molecule has 5 nitrogen and oxygen atoms in total. The largest absolute Gasteiger partial charge is 0.393 e. The van der Waals surface area contributed by atoms with Gasteiger partial charge in [0.15, 0.2) is 0 Å². The van der Waals surface area contributed by atoms with E-state index in [2.05, 4.69) is 5.32 Å². The van der Waals surface area contributed by atoms with Crippen LogP contribution in [0.4, 0.5) is 0 Å². The lowest BCUT2D eigenvalue weighted by Gasteiger charge is -2.17. The van der Waals surface area contributed by atoms with Gasteiger partial charge in [-0.05, 0) is 24.8 Å². The molecule has 0 bridgehead atoms. The molecule has 0 radical (unpaired) electrons. The molecule has 0 aliphatic carbocycles. The molecule has 5 heteroatoms. The van der Waals surface area contributed by atoms with Crippen molar-refractivity contribution in [2.24, 2.45) is 11.7 Å². The molecule has 0 spiro atoms. The van der Waals surface area contributed by atoms with Gasteiger partial charge in [-0.25, -0.2) is 0 Å². The normalized spacial score (nSPS) is 21.0. The maximum Gasteiger partial charge on any atom is 0.237 e. The van der Waals surface area contributed by atoms with Gasteiger partial charge in [-0.3, -0.25) is 4.79 Å². The average Bonchev–Trinajstić information content (AvgIpc) is 2.98. The Bertz CT molecular complexity index is 432. The van der Waals surface area contributed by atoms with Crippen molar-refractivity contribution in [1.82, 2.24) is 5.32 Å². The Kier molecular flexibility index (Phi) is 6.17. The van der Waals surface area contributed by atoms with Crippen LogP contribution in [0, 0.1) is 5.92 Å². The molecule has 3 unspecified atom stereocenters. The van der Waals surface area contributed by atoms with E-state index in [4.69, 9.17) is 10.5 Å². The summed E-state index contributed by atoms with van der Waals surface area (Å²) in [6.07, 6.45) is 1.15. The SMILES string of the molecule is NC(CC(O)Cc1ccccc1)C(=O)NCC1CCOC1. The molecule has 0 aromatic heterocycles. The summed E-state index contributed by atoms with van der Waals surface area (Å²) in [6, 6.07) is 9.02. The maximum atomic E-state index is 11.9. The number of rotatable bonds is 7. The standard InChI is InChI=1S/C16H24N2O3/c17-15(16(20)18-10-13-6-7-21-11-13)9-14(19)8-12-4-2-1-3-5-12/h1-5,13-15,19H,6-11,17H2,(H,18,20). The number of aliphatic hydroxyl groups is 1.